The van der Waals surface area contributed by atoms with E-state index in [-0.39, 0.29) is 33.5 Å². The second kappa shape index (κ2) is 8.58. The number of rotatable bonds is 4. The van der Waals surface area contributed by atoms with Gasteiger partial charge in [0, 0.05) is 10.8 Å². The number of hydrogen-bond acceptors (Lipinski definition) is 6. The van der Waals surface area contributed by atoms with Gasteiger partial charge in [0.1, 0.15) is 17.4 Å². The van der Waals surface area contributed by atoms with Crippen LogP contribution in [0.15, 0.2) is 67.3 Å². The van der Waals surface area contributed by atoms with Crippen LogP contribution in [0.4, 0.5) is 23.2 Å². The maximum Gasteiger partial charge on any atom is 0.434 e. The summed E-state index contributed by atoms with van der Waals surface area (Å²) in [6, 6.07) is 11.3. The number of alkyl halides is 3. The van der Waals surface area contributed by atoms with Gasteiger partial charge in [-0.2, -0.15) is 33.7 Å². The number of hydrogen-bond donors (Lipinski definition) is 1. The summed E-state index contributed by atoms with van der Waals surface area (Å²) in [6.45, 7) is 0. The van der Waals surface area contributed by atoms with Crippen molar-refractivity contribution in [3.8, 4) is 17.6 Å². The van der Waals surface area contributed by atoms with Crippen molar-refractivity contribution in [3.05, 3.63) is 89.9 Å². The zero-order valence-corrected chi connectivity index (χ0v) is 17.9. The van der Waals surface area contributed by atoms with Crippen LogP contribution < -0.4 is 5.32 Å². The molecule has 0 saturated heterocycles. The van der Waals surface area contributed by atoms with Crippen LogP contribution in [0.2, 0.25) is 0 Å². The minimum atomic E-state index is -4.98. The molecule has 0 aliphatic heterocycles. The Morgan fingerprint density at radius 3 is 2.42 bits per heavy atom. The molecule has 9 nitrogen and oxygen atoms in total. The Morgan fingerprint density at radius 1 is 1.00 bits per heavy atom. The van der Waals surface area contributed by atoms with Crippen molar-refractivity contribution in [2.24, 2.45) is 0 Å². The van der Waals surface area contributed by atoms with Crippen LogP contribution >= 0.6 is 0 Å². The fourth-order valence-electron chi connectivity index (χ4n) is 3.69. The molecule has 0 saturated carbocycles. The van der Waals surface area contributed by atoms with Crippen LogP contribution in [0.3, 0.4) is 0 Å². The van der Waals surface area contributed by atoms with Crippen LogP contribution in [0.25, 0.3) is 22.3 Å². The molecule has 1 N–H and O–H groups in total. The molecule has 36 heavy (non-hydrogen) atoms. The first-order valence-electron chi connectivity index (χ1n) is 10.2. The number of aromatic nitrogens is 6. The third kappa shape index (κ3) is 3.90. The van der Waals surface area contributed by atoms with Crippen molar-refractivity contribution in [2.75, 3.05) is 5.32 Å². The van der Waals surface area contributed by atoms with Gasteiger partial charge in [-0.05, 0) is 18.2 Å². The lowest BCUT2D eigenvalue weighted by Gasteiger charge is -2.15. The van der Waals surface area contributed by atoms with E-state index in [9.17, 15) is 27.6 Å². The molecule has 0 aliphatic carbocycles. The number of anilines is 1. The van der Waals surface area contributed by atoms with E-state index >= 15 is 0 Å². The highest BCUT2D eigenvalue weighted by Gasteiger charge is 2.41. The summed E-state index contributed by atoms with van der Waals surface area (Å²) >= 11 is 0. The standard InChI is InChI=1S/C23H12F4N8O/c24-18-5-6-19(16-4-2-1-3-15(16)18)34-20(23(25,26)27)17(12-32-34)22(36)33-14-9-13(10-28)21(29-11-14)35-30-7-8-31-35/h1-9,11-12H,(H,33,36). The van der Waals surface area contributed by atoms with Crippen LogP contribution in [0, 0.1) is 17.1 Å². The number of fused-ring (bicyclic) bond motifs is 1. The highest BCUT2D eigenvalue weighted by Crippen LogP contribution is 2.36. The maximum atomic E-state index is 14.2. The largest absolute Gasteiger partial charge is 0.434 e. The first-order chi connectivity index (χ1) is 17.3. The van der Waals surface area contributed by atoms with Gasteiger partial charge in [-0.3, -0.25) is 4.79 Å². The second-order valence-corrected chi connectivity index (χ2v) is 7.41. The lowest BCUT2D eigenvalue weighted by Crippen LogP contribution is -2.21. The number of pyridine rings is 1. The fraction of sp³-hybridized carbons (Fsp3) is 0.0435. The lowest BCUT2D eigenvalue weighted by atomic mass is 10.1. The number of carbonyl (C=O) groups excluding carboxylic acids is 1. The van der Waals surface area contributed by atoms with E-state index in [0.717, 1.165) is 29.3 Å². The predicted octanol–water partition coefficient (Wildman–Crippen LogP) is 4.28. The fourth-order valence-corrected chi connectivity index (χ4v) is 3.69. The van der Waals surface area contributed by atoms with Crippen molar-refractivity contribution in [1.29, 1.82) is 5.26 Å². The third-order valence-electron chi connectivity index (χ3n) is 5.21. The van der Waals surface area contributed by atoms with Crippen molar-refractivity contribution in [1.82, 2.24) is 29.8 Å². The molecule has 1 amide bonds. The molecule has 3 heterocycles. The van der Waals surface area contributed by atoms with Crippen LogP contribution in [0.1, 0.15) is 21.6 Å². The Morgan fingerprint density at radius 2 is 1.72 bits per heavy atom. The van der Waals surface area contributed by atoms with Crippen molar-refractivity contribution >= 4 is 22.4 Å². The minimum Gasteiger partial charge on any atom is -0.320 e. The van der Waals surface area contributed by atoms with Gasteiger partial charge in [0.15, 0.2) is 11.5 Å². The van der Waals surface area contributed by atoms with E-state index in [1.807, 2.05) is 6.07 Å². The number of nitrogens with one attached hydrogen (secondary N) is 1. The lowest BCUT2D eigenvalue weighted by molar-refractivity contribution is -0.143. The Bertz CT molecular complexity index is 1650. The molecule has 0 fully saturated rings. The zero-order chi connectivity index (χ0) is 25.4. The SMILES string of the molecule is N#Cc1cc(NC(=O)c2cnn(-c3ccc(F)c4ccccc34)c2C(F)(F)F)cnc1-n1nccn1. The Kier molecular flexibility index (Phi) is 5.40. The van der Waals surface area contributed by atoms with Gasteiger partial charge in [0.2, 0.25) is 0 Å². The molecule has 0 bridgehead atoms. The van der Waals surface area contributed by atoms with E-state index in [1.165, 1.54) is 30.6 Å². The van der Waals surface area contributed by atoms with Crippen LogP contribution in [-0.2, 0) is 6.18 Å². The van der Waals surface area contributed by atoms with E-state index in [0.29, 0.717) is 4.68 Å². The van der Waals surface area contributed by atoms with Gasteiger partial charge < -0.3 is 5.32 Å². The number of halogens is 4. The van der Waals surface area contributed by atoms with Crippen LogP contribution in [0.5, 0.6) is 0 Å². The number of nitriles is 1. The average molecular weight is 492 g/mol. The molecule has 0 aliphatic rings. The molecule has 5 rings (SSSR count). The first kappa shape index (κ1) is 22.7. The van der Waals surface area contributed by atoms with Gasteiger partial charge in [0.05, 0.1) is 41.7 Å². The Hall–Kier alpha value is -5.12. The van der Waals surface area contributed by atoms with E-state index in [4.69, 9.17) is 0 Å². The van der Waals surface area contributed by atoms with Crippen LogP contribution in [-0.4, -0.2) is 35.7 Å². The molecule has 0 radical (unpaired) electrons. The van der Waals surface area contributed by atoms with Crippen molar-refractivity contribution < 1.29 is 22.4 Å². The van der Waals surface area contributed by atoms with Gasteiger partial charge in [-0.1, -0.05) is 24.3 Å². The molecule has 178 valence electrons. The molecular formula is C23H12F4N8O. The molecule has 0 unspecified atom stereocenters. The monoisotopic (exact) mass is 492 g/mol. The van der Waals surface area contributed by atoms with Gasteiger partial charge in [-0.25, -0.2) is 14.1 Å². The number of benzene rings is 2. The number of carbonyl (C=O) groups is 1. The smallest absolute Gasteiger partial charge is 0.320 e. The molecule has 5 aromatic rings. The second-order valence-electron chi connectivity index (χ2n) is 7.41. The summed E-state index contributed by atoms with van der Waals surface area (Å²) < 4.78 is 57.2. The third-order valence-corrected chi connectivity index (χ3v) is 5.21. The molecule has 0 spiro atoms. The summed E-state index contributed by atoms with van der Waals surface area (Å²) in [5.74, 6) is -1.66. The average Bonchev–Trinajstić information content (AvgIpc) is 3.55. The molecular weight excluding hydrogens is 480 g/mol. The molecule has 0 atom stereocenters. The normalized spacial score (nSPS) is 11.4. The van der Waals surface area contributed by atoms with Crippen molar-refractivity contribution in [2.45, 2.75) is 6.18 Å². The summed E-state index contributed by atoms with van der Waals surface area (Å²) in [6.07, 6.45) is -0.303. The first-order valence-corrected chi connectivity index (χ1v) is 10.2. The van der Waals surface area contributed by atoms with Gasteiger partial charge in [-0.15, -0.1) is 4.80 Å². The summed E-state index contributed by atoms with van der Waals surface area (Å²) in [5.41, 5.74) is -2.22. The van der Waals surface area contributed by atoms with E-state index < -0.39 is 29.2 Å². The predicted molar refractivity (Wildman–Crippen MR) is 118 cm³/mol. The minimum absolute atomic E-state index is 0.0199. The summed E-state index contributed by atoms with van der Waals surface area (Å²) in [7, 11) is 0. The molecule has 3 aromatic heterocycles. The van der Waals surface area contributed by atoms with E-state index in [1.54, 1.807) is 12.1 Å². The summed E-state index contributed by atoms with van der Waals surface area (Å²) in [4.78, 5) is 18.0. The highest BCUT2D eigenvalue weighted by atomic mass is 19.4. The molecule has 13 heteroatoms. The van der Waals surface area contributed by atoms with E-state index in [2.05, 4.69) is 25.6 Å². The summed E-state index contributed by atoms with van der Waals surface area (Å²) in [5, 5.41) is 23.6. The Labute approximate surface area is 199 Å². The van der Waals surface area contributed by atoms with Gasteiger partial charge in [0.25, 0.3) is 5.91 Å². The topological polar surface area (TPSA) is 114 Å². The number of nitrogens with zero attached hydrogens (tertiary/aromatic N) is 7. The highest BCUT2D eigenvalue weighted by molar-refractivity contribution is 6.05. The maximum absolute atomic E-state index is 14.2. The Balaban J connectivity index is 1.55. The quantitative estimate of drug-likeness (QED) is 0.375. The van der Waals surface area contributed by atoms with Crippen molar-refractivity contribution in [3.63, 3.8) is 0 Å². The number of amides is 1. The van der Waals surface area contributed by atoms with Gasteiger partial charge >= 0.3 is 6.18 Å². The zero-order valence-electron chi connectivity index (χ0n) is 17.9. The molecule has 2 aromatic carbocycles.